The first-order valence-electron chi connectivity index (χ1n) is 17.1. The maximum atomic E-state index is 16.5. The lowest BCUT2D eigenvalue weighted by Gasteiger charge is -2.31. The molecule has 0 unspecified atom stereocenters. The van der Waals surface area contributed by atoms with E-state index < -0.39 is 31.6 Å². The molecule has 50 heavy (non-hydrogen) atoms. The first-order valence-corrected chi connectivity index (χ1v) is 20.0. The zero-order valence-electron chi connectivity index (χ0n) is 29.1. The van der Waals surface area contributed by atoms with E-state index in [-0.39, 0.29) is 56.9 Å². The van der Waals surface area contributed by atoms with E-state index in [0.29, 0.717) is 41.9 Å². The van der Waals surface area contributed by atoms with E-state index in [1.807, 2.05) is 55.5 Å². The number of fused-ring (bicyclic) bond motifs is 2. The standard InChI is InChI=1S/C38H46FN3O7Si/c1-27-36(50(3,4)39)33(24-34(45)40(21-22-43)25-28-13-7-5-8-14-28)49-38(27)31-23-30(42(26-44)29-15-9-6-10-16-29)18-19-32(31)41(37(38)47)20-12-11-17-35(46)48-2/h5-10,13-16,18-19,23,26-27,33,36,43H,11-12,17,20-22,24-25H2,1-4H3/t27-,33+,36-,38+/m0/s1. The summed E-state index contributed by atoms with van der Waals surface area (Å²) in [5, 5.41) is 9.81. The van der Waals surface area contributed by atoms with Crippen molar-refractivity contribution >= 4 is 49.7 Å². The van der Waals surface area contributed by atoms with Gasteiger partial charge in [-0.15, -0.1) is 0 Å². The summed E-state index contributed by atoms with van der Waals surface area (Å²) in [5.74, 6) is -1.66. The van der Waals surface area contributed by atoms with Crippen LogP contribution in [-0.2, 0) is 40.8 Å². The van der Waals surface area contributed by atoms with Crippen molar-refractivity contribution in [2.75, 3.05) is 36.6 Å². The Balaban J connectivity index is 1.54. The van der Waals surface area contributed by atoms with Gasteiger partial charge >= 0.3 is 5.97 Å². The molecule has 1 N–H and O–H groups in total. The highest BCUT2D eigenvalue weighted by molar-refractivity contribution is 6.72. The molecule has 4 atom stereocenters. The fourth-order valence-corrected chi connectivity index (χ4v) is 10.1. The van der Waals surface area contributed by atoms with Gasteiger partial charge in [0, 0.05) is 54.5 Å². The Bertz CT molecular complexity index is 1670. The Morgan fingerprint density at radius 2 is 1.72 bits per heavy atom. The van der Waals surface area contributed by atoms with Gasteiger partial charge in [0.25, 0.3) is 5.91 Å². The quantitative estimate of drug-likeness (QED) is 0.0694. The third kappa shape index (κ3) is 7.37. The number of carbonyl (C=O) groups excluding carboxylic acids is 4. The fourth-order valence-electron chi connectivity index (χ4n) is 7.63. The number of ether oxygens (including phenoxy) is 2. The van der Waals surface area contributed by atoms with E-state index in [2.05, 4.69) is 0 Å². The van der Waals surface area contributed by atoms with Crippen LogP contribution < -0.4 is 9.80 Å². The Labute approximate surface area is 294 Å². The van der Waals surface area contributed by atoms with Crippen molar-refractivity contribution in [3.05, 3.63) is 90.0 Å². The Kier molecular flexibility index (Phi) is 11.5. The molecule has 0 radical (unpaired) electrons. The van der Waals surface area contributed by atoms with Crippen molar-refractivity contribution < 1.29 is 37.9 Å². The minimum atomic E-state index is -3.59. The van der Waals surface area contributed by atoms with Gasteiger partial charge in [0.15, 0.2) is 5.60 Å². The second-order valence-corrected chi connectivity index (χ2v) is 17.3. The minimum Gasteiger partial charge on any atom is -0.469 e. The van der Waals surface area contributed by atoms with Crippen LogP contribution in [0.4, 0.5) is 21.2 Å². The number of methoxy groups -OCH3 is 1. The summed E-state index contributed by atoms with van der Waals surface area (Å²) in [6.07, 6.45) is 0.810. The molecule has 0 saturated carbocycles. The van der Waals surface area contributed by atoms with Crippen molar-refractivity contribution in [2.24, 2.45) is 5.92 Å². The molecule has 1 saturated heterocycles. The van der Waals surface area contributed by atoms with Gasteiger partial charge in [-0.3, -0.25) is 24.1 Å². The molecular formula is C38H46FN3O7Si. The van der Waals surface area contributed by atoms with E-state index >= 15 is 4.11 Å². The van der Waals surface area contributed by atoms with E-state index in [1.165, 1.54) is 16.9 Å². The molecule has 3 aromatic rings. The smallest absolute Gasteiger partial charge is 0.305 e. The van der Waals surface area contributed by atoms with E-state index in [0.717, 1.165) is 5.56 Å². The van der Waals surface area contributed by atoms with Crippen LogP contribution in [0, 0.1) is 5.92 Å². The number of halogens is 1. The van der Waals surface area contributed by atoms with Crippen LogP contribution in [0.25, 0.3) is 0 Å². The third-order valence-electron chi connectivity index (χ3n) is 9.92. The Morgan fingerprint density at radius 1 is 1.04 bits per heavy atom. The number of esters is 1. The number of nitrogens with zero attached hydrogens (tertiary/aromatic N) is 3. The maximum Gasteiger partial charge on any atom is 0.305 e. The molecule has 1 fully saturated rings. The Hall–Kier alpha value is -4.39. The molecule has 2 heterocycles. The normalized spacial score (nSPS) is 21.3. The van der Waals surface area contributed by atoms with Crippen LogP contribution in [0.3, 0.4) is 0 Å². The fraction of sp³-hybridized carbons (Fsp3) is 0.421. The van der Waals surface area contributed by atoms with Gasteiger partial charge in [-0.1, -0.05) is 55.5 Å². The predicted octanol–water partition coefficient (Wildman–Crippen LogP) is 5.86. The van der Waals surface area contributed by atoms with Crippen molar-refractivity contribution in [1.29, 1.82) is 0 Å². The molecule has 1 spiro atoms. The minimum absolute atomic E-state index is 0.0910. The maximum absolute atomic E-state index is 16.5. The lowest BCUT2D eigenvalue weighted by molar-refractivity contribution is -0.149. The summed E-state index contributed by atoms with van der Waals surface area (Å²) in [5.41, 5.74) is 0.765. The second-order valence-electron chi connectivity index (χ2n) is 13.5. The molecule has 3 amide bonds. The molecule has 5 rings (SSSR count). The number of hydrogen-bond acceptors (Lipinski definition) is 7. The van der Waals surface area contributed by atoms with Crippen molar-refractivity contribution in [3.63, 3.8) is 0 Å². The number of hydrogen-bond donors (Lipinski definition) is 1. The highest BCUT2D eigenvalue weighted by Gasteiger charge is 2.67. The van der Waals surface area contributed by atoms with Gasteiger partial charge < -0.3 is 28.5 Å². The van der Waals surface area contributed by atoms with Gasteiger partial charge in [0.1, 0.15) is 0 Å². The summed E-state index contributed by atoms with van der Waals surface area (Å²) >= 11 is 0. The van der Waals surface area contributed by atoms with E-state index in [1.54, 1.807) is 48.3 Å². The molecule has 2 aliphatic heterocycles. The zero-order chi connectivity index (χ0) is 36.1. The van der Waals surface area contributed by atoms with Crippen LogP contribution in [0.5, 0.6) is 0 Å². The summed E-state index contributed by atoms with van der Waals surface area (Å²) in [4.78, 5) is 57.5. The molecule has 10 nitrogen and oxygen atoms in total. The Morgan fingerprint density at radius 3 is 2.34 bits per heavy atom. The van der Waals surface area contributed by atoms with Gasteiger partial charge in [0.2, 0.25) is 20.7 Å². The molecule has 2 aliphatic rings. The van der Waals surface area contributed by atoms with Crippen LogP contribution in [0.15, 0.2) is 78.9 Å². The molecule has 0 aliphatic carbocycles. The van der Waals surface area contributed by atoms with Gasteiger partial charge in [-0.25, -0.2) is 0 Å². The van der Waals surface area contributed by atoms with E-state index in [4.69, 9.17) is 9.47 Å². The van der Waals surface area contributed by atoms with Gasteiger partial charge in [-0.2, -0.15) is 0 Å². The molecule has 0 bridgehead atoms. The van der Waals surface area contributed by atoms with Gasteiger partial charge in [0.05, 0.1) is 31.9 Å². The largest absolute Gasteiger partial charge is 0.469 e. The number of carbonyl (C=O) groups is 4. The van der Waals surface area contributed by atoms with E-state index in [9.17, 15) is 24.3 Å². The number of para-hydroxylation sites is 1. The number of aliphatic hydroxyl groups is 1. The number of unbranched alkanes of at least 4 members (excludes halogenated alkanes) is 1. The lowest BCUT2D eigenvalue weighted by Crippen LogP contribution is -2.45. The molecule has 0 aromatic heterocycles. The summed E-state index contributed by atoms with van der Waals surface area (Å²) in [7, 11) is -2.26. The van der Waals surface area contributed by atoms with Crippen LogP contribution >= 0.6 is 0 Å². The second kappa shape index (κ2) is 15.7. The summed E-state index contributed by atoms with van der Waals surface area (Å²) in [6, 6.07) is 23.8. The average molecular weight is 704 g/mol. The predicted molar refractivity (Wildman–Crippen MR) is 191 cm³/mol. The topological polar surface area (TPSA) is 117 Å². The number of benzene rings is 3. The first kappa shape index (κ1) is 36.9. The highest BCUT2D eigenvalue weighted by atomic mass is 28.4. The monoisotopic (exact) mass is 703 g/mol. The molecule has 266 valence electrons. The first-order chi connectivity index (χ1) is 24.0. The molecule has 3 aromatic carbocycles. The zero-order valence-corrected chi connectivity index (χ0v) is 30.1. The molecule has 12 heteroatoms. The van der Waals surface area contributed by atoms with Crippen LogP contribution in [-0.4, -0.2) is 75.5 Å². The average Bonchev–Trinajstić information content (AvgIpc) is 3.53. The van der Waals surface area contributed by atoms with Crippen molar-refractivity contribution in [1.82, 2.24) is 4.90 Å². The SMILES string of the molecule is COC(=O)CCCCN1C(=O)[C@]2(O[C@H](CC(=O)N(CCO)Cc3ccccc3)[C@@H]([Si](C)(C)F)[C@@H]2C)c2cc(N(C=O)c3ccccc3)ccc21. The van der Waals surface area contributed by atoms with Crippen molar-refractivity contribution in [2.45, 2.75) is 69.5 Å². The van der Waals surface area contributed by atoms with Gasteiger partial charge in [-0.05, 0) is 61.8 Å². The van der Waals surface area contributed by atoms with Crippen molar-refractivity contribution in [3.8, 4) is 0 Å². The lowest BCUT2D eigenvalue weighted by atomic mass is 9.82. The third-order valence-corrected chi connectivity index (χ3v) is 12.4. The number of anilines is 3. The van der Waals surface area contributed by atoms with Crippen LogP contribution in [0.2, 0.25) is 18.6 Å². The summed E-state index contributed by atoms with van der Waals surface area (Å²) < 4.78 is 28.1. The molecular weight excluding hydrogens is 658 g/mol. The number of aliphatic hydroxyl groups excluding tert-OH is 1. The highest BCUT2D eigenvalue weighted by Crippen LogP contribution is 2.60. The van der Waals surface area contributed by atoms with Crippen LogP contribution in [0.1, 0.15) is 43.7 Å². The number of rotatable bonds is 15. The summed E-state index contributed by atoms with van der Waals surface area (Å²) in [6.45, 7) is 5.37. The number of amides is 3.